The van der Waals surface area contributed by atoms with Crippen LogP contribution in [-0.2, 0) is 5.41 Å². The molecule has 0 aliphatic heterocycles. The first-order valence-electron chi connectivity index (χ1n) is 9.82. The number of hydrogen-bond acceptors (Lipinski definition) is 1. The van der Waals surface area contributed by atoms with Crippen LogP contribution in [-0.4, -0.2) is 5.11 Å². The van der Waals surface area contributed by atoms with Gasteiger partial charge in [0.2, 0.25) is 0 Å². The van der Waals surface area contributed by atoms with E-state index >= 15 is 0 Å². The molecular weight excluding hydrogens is 340 g/mol. The Morgan fingerprint density at radius 3 is 1.96 bits per heavy atom. The van der Waals surface area contributed by atoms with E-state index in [0.29, 0.717) is 5.75 Å². The average Bonchev–Trinajstić information content (AvgIpc) is 3.14. The monoisotopic (exact) mass is 366 g/mol. The number of phenols is 1. The lowest BCUT2D eigenvalue weighted by molar-refractivity contribution is 0.472. The van der Waals surface area contributed by atoms with Crippen LogP contribution < -0.4 is 0 Å². The Morgan fingerprint density at radius 2 is 1.36 bits per heavy atom. The molecule has 1 N–H and O–H groups in total. The van der Waals surface area contributed by atoms with Crippen LogP contribution in [0.2, 0.25) is 0 Å². The van der Waals surface area contributed by atoms with Gasteiger partial charge in [0.05, 0.1) is 0 Å². The van der Waals surface area contributed by atoms with E-state index in [9.17, 15) is 5.11 Å². The van der Waals surface area contributed by atoms with Crippen molar-refractivity contribution in [3.05, 3.63) is 107 Å². The fraction of sp³-hybridized carbons (Fsp3) is 0.185. The molecule has 3 aromatic carbocycles. The molecule has 0 saturated heterocycles. The zero-order chi connectivity index (χ0) is 19.7. The lowest BCUT2D eigenvalue weighted by Crippen LogP contribution is -2.11. The van der Waals surface area contributed by atoms with E-state index in [1.807, 2.05) is 24.3 Å². The highest BCUT2D eigenvalue weighted by Gasteiger charge is 2.23. The molecule has 0 saturated carbocycles. The second-order valence-electron chi connectivity index (χ2n) is 8.45. The van der Waals surface area contributed by atoms with Gasteiger partial charge in [-0.1, -0.05) is 87.5 Å². The molecule has 0 amide bonds. The van der Waals surface area contributed by atoms with E-state index in [4.69, 9.17) is 0 Å². The van der Waals surface area contributed by atoms with E-state index < -0.39 is 0 Å². The summed E-state index contributed by atoms with van der Waals surface area (Å²) >= 11 is 0. The molecule has 0 atom stereocenters. The van der Waals surface area contributed by atoms with E-state index in [1.165, 1.54) is 33.4 Å². The van der Waals surface area contributed by atoms with Crippen LogP contribution in [0, 0.1) is 0 Å². The maximum atomic E-state index is 10.6. The van der Waals surface area contributed by atoms with Crippen LogP contribution in [0.25, 0.3) is 16.7 Å². The zero-order valence-electron chi connectivity index (χ0n) is 16.7. The third kappa shape index (κ3) is 3.53. The third-order valence-electron chi connectivity index (χ3n) is 5.43. The molecule has 0 unspecified atom stereocenters. The first kappa shape index (κ1) is 18.3. The number of benzene rings is 3. The quantitative estimate of drug-likeness (QED) is 0.525. The van der Waals surface area contributed by atoms with Crippen LogP contribution >= 0.6 is 0 Å². The van der Waals surface area contributed by atoms with Crippen LogP contribution in [0.1, 0.15) is 49.4 Å². The Labute approximate surface area is 167 Å². The van der Waals surface area contributed by atoms with Gasteiger partial charge in [-0.15, -0.1) is 0 Å². The summed E-state index contributed by atoms with van der Waals surface area (Å²) in [7, 11) is 0. The van der Waals surface area contributed by atoms with Crippen molar-refractivity contribution in [3.8, 4) is 5.75 Å². The first-order valence-corrected chi connectivity index (χ1v) is 9.82. The molecule has 0 spiro atoms. The van der Waals surface area contributed by atoms with Crippen molar-refractivity contribution in [1.29, 1.82) is 0 Å². The summed E-state index contributed by atoms with van der Waals surface area (Å²) in [4.78, 5) is 0. The number of allylic oxidation sites excluding steroid dienone is 4. The van der Waals surface area contributed by atoms with Crippen LogP contribution in [0.3, 0.4) is 0 Å². The van der Waals surface area contributed by atoms with Crippen molar-refractivity contribution in [1.82, 2.24) is 0 Å². The highest BCUT2D eigenvalue weighted by molar-refractivity contribution is 6.07. The Kier molecular flexibility index (Phi) is 4.68. The van der Waals surface area contributed by atoms with Crippen LogP contribution in [0.4, 0.5) is 0 Å². The van der Waals surface area contributed by atoms with Crippen molar-refractivity contribution in [2.24, 2.45) is 0 Å². The van der Waals surface area contributed by atoms with Gasteiger partial charge in [0, 0.05) is 5.56 Å². The summed E-state index contributed by atoms with van der Waals surface area (Å²) in [5, 5.41) is 10.6. The summed E-state index contributed by atoms with van der Waals surface area (Å²) < 4.78 is 0. The third-order valence-corrected chi connectivity index (χ3v) is 5.43. The van der Waals surface area contributed by atoms with Gasteiger partial charge in [-0.2, -0.15) is 0 Å². The van der Waals surface area contributed by atoms with Crippen LogP contribution in [0.5, 0.6) is 5.75 Å². The summed E-state index contributed by atoms with van der Waals surface area (Å²) in [6.45, 7) is 6.61. The Hall–Kier alpha value is -3.06. The Morgan fingerprint density at radius 1 is 0.750 bits per heavy atom. The summed E-state index contributed by atoms with van der Waals surface area (Å²) in [5.74, 6) is 0.348. The van der Waals surface area contributed by atoms with Crippen molar-refractivity contribution in [2.75, 3.05) is 0 Å². The van der Waals surface area contributed by atoms with E-state index in [-0.39, 0.29) is 5.41 Å². The maximum absolute atomic E-state index is 10.6. The molecule has 0 fully saturated rings. The molecule has 0 radical (unpaired) electrons. The lowest BCUT2D eigenvalue weighted by atomic mass is 9.85. The lowest BCUT2D eigenvalue weighted by Gasteiger charge is -2.20. The normalized spacial score (nSPS) is 14.3. The van der Waals surface area contributed by atoms with E-state index in [1.54, 1.807) is 0 Å². The van der Waals surface area contributed by atoms with E-state index in [2.05, 4.69) is 81.4 Å². The number of phenolic OH excluding ortho intramolecular Hbond substituents is 1. The number of hydrogen-bond donors (Lipinski definition) is 1. The molecule has 0 heterocycles. The van der Waals surface area contributed by atoms with Crippen molar-refractivity contribution in [3.63, 3.8) is 0 Å². The molecule has 1 aliphatic carbocycles. The molecule has 0 bridgehead atoms. The zero-order valence-corrected chi connectivity index (χ0v) is 16.7. The number of rotatable bonds is 3. The van der Waals surface area contributed by atoms with Crippen molar-refractivity contribution in [2.45, 2.75) is 32.6 Å². The summed E-state index contributed by atoms with van der Waals surface area (Å²) in [6, 6.07) is 27.1. The van der Waals surface area contributed by atoms with Crippen LogP contribution in [0.15, 0.2) is 84.9 Å². The van der Waals surface area contributed by atoms with Gasteiger partial charge < -0.3 is 5.11 Å². The highest BCUT2D eigenvalue weighted by Crippen LogP contribution is 2.45. The highest BCUT2D eigenvalue weighted by atomic mass is 16.3. The predicted octanol–water partition coefficient (Wildman–Crippen LogP) is 7.09. The first-order chi connectivity index (χ1) is 13.4. The minimum absolute atomic E-state index is 0.0412. The van der Waals surface area contributed by atoms with Gasteiger partial charge in [-0.25, -0.2) is 0 Å². The Bertz CT molecular complexity index is 1050. The molecule has 1 heteroatoms. The topological polar surface area (TPSA) is 20.2 Å². The van der Waals surface area contributed by atoms with Gasteiger partial charge in [-0.05, 0) is 63.5 Å². The number of aromatic hydroxyl groups is 1. The second-order valence-corrected chi connectivity index (χ2v) is 8.45. The van der Waals surface area contributed by atoms with Crippen molar-refractivity contribution >= 4 is 16.7 Å². The smallest absolute Gasteiger partial charge is 0.123 e. The molecule has 1 aliphatic rings. The SMILES string of the molecule is CC(C)(C)c1ccc(O)c(C2=CC(c3ccccc3)=C(c3ccccc3)C2)c1. The molecule has 140 valence electrons. The van der Waals surface area contributed by atoms with E-state index in [0.717, 1.165) is 12.0 Å². The fourth-order valence-electron chi connectivity index (χ4n) is 3.80. The molecular formula is C27H26O. The average molecular weight is 367 g/mol. The molecule has 0 aromatic heterocycles. The van der Waals surface area contributed by atoms with Crippen molar-refractivity contribution < 1.29 is 5.11 Å². The minimum atomic E-state index is 0.0412. The molecule has 1 nitrogen and oxygen atoms in total. The molecule has 4 rings (SSSR count). The molecule has 3 aromatic rings. The predicted molar refractivity (Wildman–Crippen MR) is 119 cm³/mol. The summed E-state index contributed by atoms with van der Waals surface area (Å²) in [5.41, 5.74) is 8.37. The maximum Gasteiger partial charge on any atom is 0.123 e. The minimum Gasteiger partial charge on any atom is -0.507 e. The van der Waals surface area contributed by atoms with Gasteiger partial charge in [0.1, 0.15) is 5.75 Å². The largest absolute Gasteiger partial charge is 0.507 e. The molecule has 28 heavy (non-hydrogen) atoms. The Balaban J connectivity index is 1.83. The van der Waals surface area contributed by atoms with Gasteiger partial charge >= 0.3 is 0 Å². The van der Waals surface area contributed by atoms with Gasteiger partial charge in [0.25, 0.3) is 0 Å². The standard InChI is InChI=1S/C27H26O/c1-27(2,3)22-14-15-26(28)25(18-22)21-16-23(19-10-6-4-7-11-19)24(17-21)20-12-8-5-9-13-20/h4-16,18,28H,17H2,1-3H3. The fourth-order valence-corrected chi connectivity index (χ4v) is 3.80. The van der Waals surface area contributed by atoms with Gasteiger partial charge in [0.15, 0.2) is 0 Å². The second kappa shape index (κ2) is 7.16. The summed E-state index contributed by atoms with van der Waals surface area (Å²) in [6.07, 6.45) is 3.06. The van der Waals surface area contributed by atoms with Gasteiger partial charge in [-0.3, -0.25) is 0 Å².